The summed E-state index contributed by atoms with van der Waals surface area (Å²) >= 11 is 0. The monoisotopic (exact) mass is 401 g/mol. The first-order chi connectivity index (χ1) is 14.7. The van der Waals surface area contributed by atoms with E-state index in [1.807, 2.05) is 30.3 Å². The molecule has 4 aromatic rings. The molecule has 2 aromatic carbocycles. The molecule has 0 saturated carbocycles. The van der Waals surface area contributed by atoms with Crippen LogP contribution in [-0.4, -0.2) is 15.5 Å². The summed E-state index contributed by atoms with van der Waals surface area (Å²) in [4.78, 5) is 17.1. The Kier molecular flexibility index (Phi) is 5.89. The number of nitrogens with one attached hydrogen (secondary N) is 1. The minimum absolute atomic E-state index is 0.0664. The Morgan fingerprint density at radius 3 is 2.57 bits per heavy atom. The van der Waals surface area contributed by atoms with Gasteiger partial charge >= 0.3 is 0 Å². The lowest BCUT2D eigenvalue weighted by Crippen LogP contribution is -2.25. The highest BCUT2D eigenvalue weighted by Gasteiger charge is 2.22. The van der Waals surface area contributed by atoms with Crippen LogP contribution in [0.5, 0.6) is 0 Å². The van der Waals surface area contributed by atoms with Crippen LogP contribution in [0.2, 0.25) is 0 Å². The predicted octanol–water partition coefficient (Wildman–Crippen LogP) is 5.03. The number of hydrogen-bond donors (Lipinski definition) is 1. The summed E-state index contributed by atoms with van der Waals surface area (Å²) in [6, 6.07) is 20.3. The summed E-state index contributed by atoms with van der Waals surface area (Å²) in [7, 11) is 0. The molecule has 4 nitrogen and oxygen atoms in total. The van der Waals surface area contributed by atoms with Crippen molar-refractivity contribution in [1.29, 1.82) is 0 Å². The van der Waals surface area contributed by atoms with E-state index in [9.17, 15) is 9.18 Å². The number of benzene rings is 2. The van der Waals surface area contributed by atoms with E-state index in [2.05, 4.69) is 40.1 Å². The number of pyridine rings is 1. The van der Waals surface area contributed by atoms with E-state index in [4.69, 9.17) is 0 Å². The number of aromatic nitrogens is 2. The number of halogens is 1. The molecule has 0 saturated heterocycles. The first kappa shape index (κ1) is 19.8. The zero-order chi connectivity index (χ0) is 20.9. The van der Waals surface area contributed by atoms with Crippen molar-refractivity contribution in [3.8, 4) is 0 Å². The van der Waals surface area contributed by atoms with Crippen LogP contribution in [-0.2, 0) is 17.9 Å². The van der Waals surface area contributed by atoms with Crippen LogP contribution >= 0.6 is 0 Å². The fourth-order valence-corrected chi connectivity index (χ4v) is 3.87. The minimum Gasteiger partial charge on any atom is -0.350 e. The Morgan fingerprint density at radius 1 is 1.07 bits per heavy atom. The summed E-state index contributed by atoms with van der Waals surface area (Å²) < 4.78 is 15.7. The van der Waals surface area contributed by atoms with Crippen molar-refractivity contribution in [3.63, 3.8) is 0 Å². The quantitative estimate of drug-likeness (QED) is 0.472. The third kappa shape index (κ3) is 4.25. The van der Waals surface area contributed by atoms with E-state index in [0.29, 0.717) is 6.54 Å². The number of carbonyl (C=O) groups excluding carboxylic acids is 1. The standard InChI is InChI=1S/C25H24FN3O/c1-2-29-17-23(21-8-3-4-9-24(21)29)22(18-10-12-19(26)13-11-18)15-25(30)28-16-20-7-5-6-14-27-20/h3-14,17,22H,2,15-16H2,1H3,(H,28,30)/t22-/m1/s1. The number of rotatable bonds is 7. The lowest BCUT2D eigenvalue weighted by atomic mass is 9.88. The molecular weight excluding hydrogens is 377 g/mol. The Morgan fingerprint density at radius 2 is 1.83 bits per heavy atom. The molecule has 2 heterocycles. The molecule has 2 aromatic heterocycles. The van der Waals surface area contributed by atoms with Crippen LogP contribution in [0.3, 0.4) is 0 Å². The molecule has 5 heteroatoms. The summed E-state index contributed by atoms with van der Waals surface area (Å²) in [5, 5.41) is 4.08. The van der Waals surface area contributed by atoms with E-state index in [1.54, 1.807) is 18.3 Å². The maximum Gasteiger partial charge on any atom is 0.221 e. The van der Waals surface area contributed by atoms with E-state index < -0.39 is 0 Å². The highest BCUT2D eigenvalue weighted by molar-refractivity contribution is 5.86. The number of hydrogen-bond acceptors (Lipinski definition) is 2. The largest absolute Gasteiger partial charge is 0.350 e. The van der Waals surface area contributed by atoms with Gasteiger partial charge in [0.2, 0.25) is 5.91 Å². The second-order valence-corrected chi connectivity index (χ2v) is 7.29. The highest BCUT2D eigenvalue weighted by Crippen LogP contribution is 2.35. The number of fused-ring (bicyclic) bond motifs is 1. The number of para-hydroxylation sites is 1. The van der Waals surface area contributed by atoms with Crippen LogP contribution in [0.4, 0.5) is 4.39 Å². The second-order valence-electron chi connectivity index (χ2n) is 7.29. The minimum atomic E-state index is -0.284. The average Bonchev–Trinajstić information content (AvgIpc) is 3.16. The van der Waals surface area contributed by atoms with Gasteiger partial charge in [-0.2, -0.15) is 0 Å². The smallest absolute Gasteiger partial charge is 0.221 e. The zero-order valence-corrected chi connectivity index (χ0v) is 16.9. The molecule has 1 amide bonds. The number of nitrogens with zero attached hydrogens (tertiary/aromatic N) is 2. The van der Waals surface area contributed by atoms with Crippen LogP contribution in [0.25, 0.3) is 10.9 Å². The van der Waals surface area contributed by atoms with E-state index in [1.165, 1.54) is 12.1 Å². The highest BCUT2D eigenvalue weighted by atomic mass is 19.1. The average molecular weight is 401 g/mol. The Bertz CT molecular complexity index is 1140. The van der Waals surface area contributed by atoms with E-state index in [0.717, 1.165) is 34.3 Å². The molecule has 1 atom stereocenters. The number of aryl methyl sites for hydroxylation is 1. The number of amides is 1. The maximum absolute atomic E-state index is 13.5. The van der Waals surface area contributed by atoms with Gasteiger partial charge in [0.25, 0.3) is 0 Å². The van der Waals surface area contributed by atoms with Crippen LogP contribution in [0.1, 0.15) is 36.1 Å². The van der Waals surface area contributed by atoms with Gasteiger partial charge in [-0.25, -0.2) is 4.39 Å². The lowest BCUT2D eigenvalue weighted by molar-refractivity contribution is -0.121. The zero-order valence-electron chi connectivity index (χ0n) is 16.9. The second kappa shape index (κ2) is 8.91. The van der Waals surface area contributed by atoms with Crippen LogP contribution in [0, 0.1) is 5.82 Å². The van der Waals surface area contributed by atoms with Crippen molar-refractivity contribution >= 4 is 16.8 Å². The van der Waals surface area contributed by atoms with Crippen LogP contribution in [0.15, 0.2) is 79.1 Å². The van der Waals surface area contributed by atoms with Crippen molar-refractivity contribution in [2.45, 2.75) is 32.4 Å². The molecule has 0 unspecified atom stereocenters. The normalized spacial score (nSPS) is 12.1. The first-order valence-corrected chi connectivity index (χ1v) is 10.2. The molecule has 0 aliphatic heterocycles. The van der Waals surface area contributed by atoms with Gasteiger partial charge in [0.15, 0.2) is 0 Å². The third-order valence-corrected chi connectivity index (χ3v) is 5.39. The fraction of sp³-hybridized carbons (Fsp3) is 0.200. The van der Waals surface area contributed by atoms with Crippen molar-refractivity contribution in [3.05, 3.63) is 102 Å². The molecular formula is C25H24FN3O. The SMILES string of the molecule is CCn1cc([C@H](CC(=O)NCc2ccccn2)c2ccc(F)cc2)c2ccccc21. The maximum atomic E-state index is 13.5. The molecule has 0 aliphatic rings. The number of carbonyl (C=O) groups is 1. The molecule has 0 fully saturated rings. The molecule has 0 radical (unpaired) electrons. The van der Waals surface area contributed by atoms with Gasteiger partial charge in [0, 0.05) is 42.2 Å². The van der Waals surface area contributed by atoms with E-state index >= 15 is 0 Å². The van der Waals surface area contributed by atoms with Gasteiger partial charge in [-0.05, 0) is 48.4 Å². The topological polar surface area (TPSA) is 46.9 Å². The van der Waals surface area contributed by atoms with Gasteiger partial charge in [-0.3, -0.25) is 9.78 Å². The summed E-state index contributed by atoms with van der Waals surface area (Å²) in [6.45, 7) is 3.32. The van der Waals surface area contributed by atoms with Gasteiger partial charge in [-0.15, -0.1) is 0 Å². The molecule has 30 heavy (non-hydrogen) atoms. The Labute approximate surface area is 175 Å². The van der Waals surface area contributed by atoms with Gasteiger partial charge in [0.05, 0.1) is 12.2 Å². The predicted molar refractivity (Wildman–Crippen MR) is 117 cm³/mol. The van der Waals surface area contributed by atoms with Gasteiger partial charge in [0.1, 0.15) is 5.82 Å². The Balaban J connectivity index is 1.65. The fourth-order valence-electron chi connectivity index (χ4n) is 3.87. The van der Waals surface area contributed by atoms with E-state index in [-0.39, 0.29) is 24.1 Å². The van der Waals surface area contributed by atoms with Crippen molar-refractivity contribution in [1.82, 2.24) is 14.9 Å². The summed E-state index contributed by atoms with van der Waals surface area (Å²) in [6.07, 6.45) is 4.10. The molecule has 4 rings (SSSR count). The van der Waals surface area contributed by atoms with Crippen molar-refractivity contribution in [2.75, 3.05) is 0 Å². The molecule has 0 spiro atoms. The summed E-state index contributed by atoms with van der Waals surface area (Å²) in [5.41, 5.74) is 3.94. The lowest BCUT2D eigenvalue weighted by Gasteiger charge is -2.17. The molecule has 0 bridgehead atoms. The van der Waals surface area contributed by atoms with Gasteiger partial charge < -0.3 is 9.88 Å². The van der Waals surface area contributed by atoms with Crippen LogP contribution < -0.4 is 5.32 Å². The molecule has 1 N–H and O–H groups in total. The third-order valence-electron chi connectivity index (χ3n) is 5.39. The Hall–Kier alpha value is -3.47. The van der Waals surface area contributed by atoms with Gasteiger partial charge in [-0.1, -0.05) is 36.4 Å². The summed E-state index contributed by atoms with van der Waals surface area (Å²) in [5.74, 6) is -0.525. The van der Waals surface area contributed by atoms with Crippen molar-refractivity contribution < 1.29 is 9.18 Å². The molecule has 152 valence electrons. The first-order valence-electron chi connectivity index (χ1n) is 10.2. The molecule has 0 aliphatic carbocycles. The van der Waals surface area contributed by atoms with Crippen molar-refractivity contribution in [2.24, 2.45) is 0 Å².